The highest BCUT2D eigenvalue weighted by atomic mass is 16.5. The van der Waals surface area contributed by atoms with E-state index in [0.717, 1.165) is 12.8 Å². The van der Waals surface area contributed by atoms with Gasteiger partial charge in [-0.15, -0.1) is 0 Å². The number of benzene rings is 1. The number of hydrogen-bond donors (Lipinski definition) is 4. The van der Waals surface area contributed by atoms with Crippen LogP contribution in [-0.2, 0) is 4.79 Å². The highest BCUT2D eigenvalue weighted by Crippen LogP contribution is 2.24. The molecule has 7 nitrogen and oxygen atoms in total. The first kappa shape index (κ1) is 26.8. The second kappa shape index (κ2) is 17.4. The Labute approximate surface area is 186 Å². The van der Waals surface area contributed by atoms with Gasteiger partial charge in [-0.25, -0.2) is 4.79 Å². The molecule has 0 aromatic heterocycles. The molecule has 0 heterocycles. The van der Waals surface area contributed by atoms with Crippen molar-refractivity contribution < 1.29 is 24.5 Å². The predicted molar refractivity (Wildman–Crippen MR) is 124 cm³/mol. The van der Waals surface area contributed by atoms with Crippen LogP contribution >= 0.6 is 0 Å². The third-order valence-corrected chi connectivity index (χ3v) is 5.20. The normalized spacial score (nSPS) is 11.7. The van der Waals surface area contributed by atoms with Crippen molar-refractivity contribution in [2.24, 2.45) is 0 Å². The van der Waals surface area contributed by atoms with E-state index in [4.69, 9.17) is 9.84 Å². The lowest BCUT2D eigenvalue weighted by Crippen LogP contribution is -2.45. The SMILES string of the molecule is CCCCCCCCCCCCCCOc1ccccc1NC(=O)C(CO)NC(=O)O. The molecule has 31 heavy (non-hydrogen) atoms. The van der Waals surface area contributed by atoms with Crippen LogP contribution in [0.1, 0.15) is 84.0 Å². The Morgan fingerprint density at radius 2 is 1.45 bits per heavy atom. The highest BCUT2D eigenvalue weighted by molar-refractivity contribution is 5.97. The number of ether oxygens (including phenoxy) is 1. The summed E-state index contributed by atoms with van der Waals surface area (Å²) in [4.78, 5) is 22.9. The number of aliphatic hydroxyl groups is 1. The Morgan fingerprint density at radius 3 is 2.00 bits per heavy atom. The molecule has 0 aliphatic rings. The fourth-order valence-electron chi connectivity index (χ4n) is 3.38. The molecule has 0 radical (unpaired) electrons. The maximum atomic E-state index is 12.2. The lowest BCUT2D eigenvalue weighted by molar-refractivity contribution is -0.118. The molecule has 1 aromatic carbocycles. The van der Waals surface area contributed by atoms with E-state index in [-0.39, 0.29) is 0 Å². The number of hydrogen-bond acceptors (Lipinski definition) is 4. The van der Waals surface area contributed by atoms with Crippen LogP contribution in [0.5, 0.6) is 5.75 Å². The standard InChI is InChI=1S/C24H40N2O5/c1-2-3-4-5-6-7-8-9-10-11-12-15-18-31-22-17-14-13-16-20(22)25-23(28)21(19-27)26-24(29)30/h13-14,16-17,21,26-27H,2-12,15,18-19H2,1H3,(H,25,28)(H,29,30). The number of nitrogens with one attached hydrogen (secondary N) is 2. The van der Waals surface area contributed by atoms with Gasteiger partial charge >= 0.3 is 6.09 Å². The number of carbonyl (C=O) groups is 2. The van der Waals surface area contributed by atoms with Gasteiger partial charge in [0.25, 0.3) is 0 Å². The molecule has 4 N–H and O–H groups in total. The van der Waals surface area contributed by atoms with Gasteiger partial charge in [0.1, 0.15) is 11.8 Å². The summed E-state index contributed by atoms with van der Waals surface area (Å²) >= 11 is 0. The van der Waals surface area contributed by atoms with E-state index in [9.17, 15) is 14.7 Å². The van der Waals surface area contributed by atoms with Crippen LogP contribution in [0.15, 0.2) is 24.3 Å². The third-order valence-electron chi connectivity index (χ3n) is 5.20. The number of para-hydroxylation sites is 2. The van der Waals surface area contributed by atoms with Crippen LogP contribution in [0.4, 0.5) is 10.5 Å². The van der Waals surface area contributed by atoms with Gasteiger partial charge in [0.2, 0.25) is 5.91 Å². The molecule has 7 heteroatoms. The molecule has 0 saturated heterocycles. The van der Waals surface area contributed by atoms with Crippen LogP contribution in [0.2, 0.25) is 0 Å². The Balaban J connectivity index is 2.20. The van der Waals surface area contributed by atoms with E-state index in [2.05, 4.69) is 12.2 Å². The maximum Gasteiger partial charge on any atom is 0.405 e. The molecule has 1 rings (SSSR count). The zero-order valence-corrected chi connectivity index (χ0v) is 18.9. The maximum absolute atomic E-state index is 12.2. The van der Waals surface area contributed by atoms with Gasteiger partial charge in [-0.05, 0) is 18.6 Å². The molecular formula is C24H40N2O5. The van der Waals surface area contributed by atoms with Gasteiger partial charge in [0, 0.05) is 0 Å². The Hall–Kier alpha value is -2.28. The Morgan fingerprint density at radius 1 is 0.903 bits per heavy atom. The molecule has 0 aliphatic heterocycles. The average Bonchev–Trinajstić information content (AvgIpc) is 2.76. The molecule has 0 aliphatic carbocycles. The Kier molecular flexibility index (Phi) is 15.0. The van der Waals surface area contributed by atoms with E-state index >= 15 is 0 Å². The summed E-state index contributed by atoms with van der Waals surface area (Å²) in [6.45, 7) is 2.18. The quantitative estimate of drug-likeness (QED) is 0.233. The molecule has 1 unspecified atom stereocenters. The van der Waals surface area contributed by atoms with Crippen LogP contribution in [-0.4, -0.2) is 41.5 Å². The average molecular weight is 437 g/mol. The first-order valence-corrected chi connectivity index (χ1v) is 11.7. The molecule has 0 bridgehead atoms. The number of carboxylic acid groups (broad SMARTS) is 1. The summed E-state index contributed by atoms with van der Waals surface area (Å²) in [6.07, 6.45) is 13.9. The fourth-order valence-corrected chi connectivity index (χ4v) is 3.38. The molecule has 1 aromatic rings. The molecular weight excluding hydrogens is 396 g/mol. The fraction of sp³-hybridized carbons (Fsp3) is 0.667. The lowest BCUT2D eigenvalue weighted by Gasteiger charge is -2.16. The summed E-state index contributed by atoms with van der Waals surface area (Å²) in [5, 5.41) is 22.5. The molecule has 176 valence electrons. The molecule has 2 amide bonds. The number of aliphatic hydroxyl groups excluding tert-OH is 1. The zero-order chi connectivity index (χ0) is 22.7. The van der Waals surface area contributed by atoms with E-state index in [1.54, 1.807) is 18.2 Å². The molecule has 0 spiro atoms. The second-order valence-corrected chi connectivity index (χ2v) is 7.91. The molecule has 0 saturated carbocycles. The van der Waals surface area contributed by atoms with Gasteiger partial charge in [-0.1, -0.05) is 89.7 Å². The largest absolute Gasteiger partial charge is 0.491 e. The van der Waals surface area contributed by atoms with E-state index in [1.165, 1.54) is 64.2 Å². The van der Waals surface area contributed by atoms with Gasteiger partial charge in [-0.3, -0.25) is 4.79 Å². The van der Waals surface area contributed by atoms with Crippen molar-refractivity contribution in [2.45, 2.75) is 90.0 Å². The van der Waals surface area contributed by atoms with Crippen molar-refractivity contribution in [2.75, 3.05) is 18.5 Å². The first-order chi connectivity index (χ1) is 15.1. The van der Waals surface area contributed by atoms with Crippen molar-refractivity contribution in [3.63, 3.8) is 0 Å². The van der Waals surface area contributed by atoms with Crippen LogP contribution in [0.3, 0.4) is 0 Å². The van der Waals surface area contributed by atoms with Crippen molar-refractivity contribution in [3.8, 4) is 5.75 Å². The minimum Gasteiger partial charge on any atom is -0.491 e. The Bertz CT molecular complexity index is 624. The third kappa shape index (κ3) is 12.9. The first-order valence-electron chi connectivity index (χ1n) is 11.7. The van der Waals surface area contributed by atoms with Gasteiger partial charge < -0.3 is 25.6 Å². The number of carbonyl (C=O) groups excluding carboxylic acids is 1. The summed E-state index contributed by atoms with van der Waals surface area (Å²) in [7, 11) is 0. The summed E-state index contributed by atoms with van der Waals surface area (Å²) in [6, 6.07) is 5.78. The minimum atomic E-state index is -1.37. The van der Waals surface area contributed by atoms with Crippen LogP contribution in [0.25, 0.3) is 0 Å². The minimum absolute atomic E-state index is 0.456. The smallest absolute Gasteiger partial charge is 0.405 e. The van der Waals surface area contributed by atoms with E-state index in [1.807, 2.05) is 11.4 Å². The van der Waals surface area contributed by atoms with Crippen LogP contribution in [0, 0.1) is 0 Å². The summed E-state index contributed by atoms with van der Waals surface area (Å²) in [5.41, 5.74) is 0.456. The lowest BCUT2D eigenvalue weighted by atomic mass is 10.1. The summed E-state index contributed by atoms with van der Waals surface area (Å²) in [5.74, 6) is -0.0998. The van der Waals surface area contributed by atoms with Crippen LogP contribution < -0.4 is 15.4 Å². The number of rotatable bonds is 18. The number of amides is 2. The second-order valence-electron chi connectivity index (χ2n) is 7.91. The monoisotopic (exact) mass is 436 g/mol. The molecule has 1 atom stereocenters. The topological polar surface area (TPSA) is 108 Å². The van der Waals surface area contributed by atoms with Crippen molar-refractivity contribution in [1.29, 1.82) is 0 Å². The van der Waals surface area contributed by atoms with Gasteiger partial charge in [0.05, 0.1) is 18.9 Å². The van der Waals surface area contributed by atoms with Crippen molar-refractivity contribution >= 4 is 17.7 Å². The van der Waals surface area contributed by atoms with E-state index in [0.29, 0.717) is 18.0 Å². The predicted octanol–water partition coefficient (Wildman–Crippen LogP) is 5.33. The van der Waals surface area contributed by atoms with Crippen molar-refractivity contribution in [3.05, 3.63) is 24.3 Å². The van der Waals surface area contributed by atoms with E-state index < -0.39 is 24.6 Å². The van der Waals surface area contributed by atoms with Gasteiger partial charge in [0.15, 0.2) is 0 Å². The van der Waals surface area contributed by atoms with Crippen molar-refractivity contribution in [1.82, 2.24) is 5.32 Å². The molecule has 0 fully saturated rings. The van der Waals surface area contributed by atoms with Gasteiger partial charge in [-0.2, -0.15) is 0 Å². The number of unbranched alkanes of at least 4 members (excludes halogenated alkanes) is 11. The summed E-state index contributed by atoms with van der Waals surface area (Å²) < 4.78 is 5.81. The highest BCUT2D eigenvalue weighted by Gasteiger charge is 2.20. The number of anilines is 1. The zero-order valence-electron chi connectivity index (χ0n) is 18.9.